The highest BCUT2D eigenvalue weighted by atomic mass is 14.8. The van der Waals surface area contributed by atoms with E-state index in [1.54, 1.807) is 0 Å². The van der Waals surface area contributed by atoms with Crippen LogP contribution in [-0.4, -0.2) is 19.9 Å². The summed E-state index contributed by atoms with van der Waals surface area (Å²) in [5.74, 6) is 0. The number of nitrogens with one attached hydrogen (secondary N) is 2. The standard InChI is InChI=1S/C37H38N4/c1-7-24-20(4)29-16-30-21(5)25(8-2)34(39-30)19-35-28-15-14-23-12-10-11-13-27(23)37(28)36(41-35)17-31-22(6)26(9-3)33(40-31)18-32(24)38-29/h10-13,16-19,40-41H,7-9,14-15H2,1-6H3. The number of hydrogen-bond donors (Lipinski definition) is 2. The van der Waals surface area contributed by atoms with Gasteiger partial charge in [0, 0.05) is 27.6 Å². The number of fused-ring (bicyclic) bond motifs is 13. The van der Waals surface area contributed by atoms with E-state index >= 15 is 0 Å². The maximum atomic E-state index is 5.22. The van der Waals surface area contributed by atoms with Crippen molar-refractivity contribution in [2.24, 2.45) is 0 Å². The molecule has 1 aromatic carbocycles. The van der Waals surface area contributed by atoms with Crippen molar-refractivity contribution >= 4 is 44.4 Å². The summed E-state index contributed by atoms with van der Waals surface area (Å²) in [7, 11) is 0. The Morgan fingerprint density at radius 1 is 0.634 bits per heavy atom. The number of nitrogens with zero attached hydrogens (tertiary/aromatic N) is 2. The molecule has 0 fully saturated rings. The molecule has 2 aliphatic heterocycles. The highest BCUT2D eigenvalue weighted by Gasteiger charge is 2.23. The van der Waals surface area contributed by atoms with E-state index in [9.17, 15) is 0 Å². The molecule has 0 saturated carbocycles. The Hall–Kier alpha value is -4.18. The molecule has 41 heavy (non-hydrogen) atoms. The fourth-order valence-corrected chi connectivity index (χ4v) is 7.24. The molecule has 7 rings (SSSR count). The maximum Gasteiger partial charge on any atom is 0.0693 e. The number of rotatable bonds is 3. The molecule has 0 amide bonds. The van der Waals surface area contributed by atoms with Crippen molar-refractivity contribution in [1.29, 1.82) is 0 Å². The Bertz CT molecular complexity index is 1980. The first-order valence-electron chi connectivity index (χ1n) is 15.2. The average molecular weight is 539 g/mol. The van der Waals surface area contributed by atoms with Gasteiger partial charge in [0.2, 0.25) is 0 Å². The van der Waals surface area contributed by atoms with Crippen LogP contribution in [0.4, 0.5) is 0 Å². The molecule has 3 aliphatic rings. The fourth-order valence-electron chi connectivity index (χ4n) is 7.24. The van der Waals surface area contributed by atoms with E-state index in [1.165, 1.54) is 61.2 Å². The molecule has 4 aromatic rings. The molecule has 206 valence electrons. The number of aromatic nitrogens is 4. The fraction of sp³-hybridized carbons (Fsp3) is 0.297. The van der Waals surface area contributed by atoms with E-state index in [0.29, 0.717) is 0 Å². The summed E-state index contributed by atoms with van der Waals surface area (Å²) in [5, 5.41) is 0. The summed E-state index contributed by atoms with van der Waals surface area (Å²) in [6.07, 6.45) is 4.93. The van der Waals surface area contributed by atoms with Gasteiger partial charge in [-0.1, -0.05) is 45.0 Å². The van der Waals surface area contributed by atoms with Crippen molar-refractivity contribution in [1.82, 2.24) is 19.9 Å². The lowest BCUT2D eigenvalue weighted by molar-refractivity contribution is 0.954. The Kier molecular flexibility index (Phi) is 6.11. The molecule has 0 atom stereocenters. The molecule has 0 spiro atoms. The molecule has 0 saturated heterocycles. The minimum Gasteiger partial charge on any atom is -0.355 e. The van der Waals surface area contributed by atoms with Gasteiger partial charge in [-0.05, 0) is 127 Å². The molecule has 1 aliphatic carbocycles. The Morgan fingerprint density at radius 3 is 1.93 bits per heavy atom. The van der Waals surface area contributed by atoms with Gasteiger partial charge in [0.15, 0.2) is 0 Å². The zero-order chi connectivity index (χ0) is 28.4. The van der Waals surface area contributed by atoms with Gasteiger partial charge in [0.25, 0.3) is 0 Å². The minimum absolute atomic E-state index is 0.944. The van der Waals surface area contributed by atoms with Crippen molar-refractivity contribution in [3.63, 3.8) is 0 Å². The van der Waals surface area contributed by atoms with Gasteiger partial charge in [-0.25, -0.2) is 9.97 Å². The molecule has 5 heterocycles. The normalized spacial score (nSPS) is 14.5. The van der Waals surface area contributed by atoms with Crippen LogP contribution in [0.25, 0.3) is 55.5 Å². The summed E-state index contributed by atoms with van der Waals surface area (Å²) in [6.45, 7) is 13.4. The molecule has 3 aromatic heterocycles. The Balaban J connectivity index is 1.67. The second kappa shape index (κ2) is 9.73. The van der Waals surface area contributed by atoms with E-state index < -0.39 is 0 Å². The maximum absolute atomic E-state index is 5.22. The lowest BCUT2D eigenvalue weighted by Gasteiger charge is -2.16. The number of hydrogen-bond acceptors (Lipinski definition) is 2. The number of aryl methyl sites for hydroxylation is 4. The summed E-state index contributed by atoms with van der Waals surface area (Å²) in [4.78, 5) is 18.1. The first-order valence-corrected chi connectivity index (χ1v) is 15.2. The van der Waals surface area contributed by atoms with Gasteiger partial charge in [-0.3, -0.25) is 0 Å². The van der Waals surface area contributed by atoms with E-state index in [0.717, 1.165) is 71.4 Å². The van der Waals surface area contributed by atoms with Gasteiger partial charge in [-0.15, -0.1) is 0 Å². The number of aromatic amines is 2. The third-order valence-electron chi connectivity index (χ3n) is 9.51. The average Bonchev–Trinajstić information content (AvgIpc) is 3.66. The van der Waals surface area contributed by atoms with Crippen molar-refractivity contribution < 1.29 is 0 Å². The van der Waals surface area contributed by atoms with E-state index in [4.69, 9.17) is 9.97 Å². The first kappa shape index (κ1) is 25.8. The molecule has 0 unspecified atom stereocenters. The van der Waals surface area contributed by atoms with Crippen LogP contribution in [0.5, 0.6) is 0 Å². The van der Waals surface area contributed by atoms with E-state index in [2.05, 4.69) is 100 Å². The summed E-state index contributed by atoms with van der Waals surface area (Å²) in [5.41, 5.74) is 22.1. The van der Waals surface area contributed by atoms with Crippen LogP contribution >= 0.6 is 0 Å². The smallest absolute Gasteiger partial charge is 0.0693 e. The van der Waals surface area contributed by atoms with Crippen molar-refractivity contribution in [2.75, 3.05) is 0 Å². The van der Waals surface area contributed by atoms with Crippen LogP contribution in [0.3, 0.4) is 0 Å². The monoisotopic (exact) mass is 538 g/mol. The SMILES string of the molecule is CCC1=C(C)c2cc3nc(cc4[nH]c(cc5[nH]c(cc1n2)c(CC)c5C)c1c4CCc2ccccc2-1)C(CC)=C3C. The van der Waals surface area contributed by atoms with Crippen molar-refractivity contribution in [2.45, 2.75) is 73.6 Å². The Labute approximate surface area is 242 Å². The third-order valence-corrected chi connectivity index (χ3v) is 9.51. The first-order chi connectivity index (χ1) is 19.9. The molecular formula is C37H38N4. The summed E-state index contributed by atoms with van der Waals surface area (Å²) in [6, 6.07) is 18.0. The molecule has 2 N–H and O–H groups in total. The van der Waals surface area contributed by atoms with Crippen LogP contribution in [0.2, 0.25) is 0 Å². The second-order valence-electron chi connectivity index (χ2n) is 11.6. The van der Waals surface area contributed by atoms with Gasteiger partial charge in [-0.2, -0.15) is 0 Å². The van der Waals surface area contributed by atoms with Crippen LogP contribution in [0, 0.1) is 6.92 Å². The van der Waals surface area contributed by atoms with Crippen molar-refractivity contribution in [3.05, 3.63) is 93.6 Å². The Morgan fingerprint density at radius 2 is 1.27 bits per heavy atom. The van der Waals surface area contributed by atoms with Crippen LogP contribution in [0.1, 0.15) is 92.5 Å². The molecule has 4 nitrogen and oxygen atoms in total. The highest BCUT2D eigenvalue weighted by Crippen LogP contribution is 2.41. The molecule has 0 radical (unpaired) electrons. The van der Waals surface area contributed by atoms with Gasteiger partial charge in [0.1, 0.15) is 0 Å². The van der Waals surface area contributed by atoms with Gasteiger partial charge >= 0.3 is 0 Å². The predicted octanol–water partition coefficient (Wildman–Crippen LogP) is 9.63. The quantitative estimate of drug-likeness (QED) is 0.273. The topological polar surface area (TPSA) is 57.4 Å². The zero-order valence-corrected chi connectivity index (χ0v) is 25.0. The number of allylic oxidation sites excluding steroid dienone is 4. The molecular weight excluding hydrogens is 500 g/mol. The second-order valence-corrected chi connectivity index (χ2v) is 11.6. The zero-order valence-electron chi connectivity index (χ0n) is 25.0. The number of benzene rings is 1. The lowest BCUT2D eigenvalue weighted by Crippen LogP contribution is -2.01. The van der Waals surface area contributed by atoms with E-state index in [1.807, 2.05) is 0 Å². The minimum atomic E-state index is 0.944. The van der Waals surface area contributed by atoms with Crippen molar-refractivity contribution in [3.8, 4) is 11.1 Å². The lowest BCUT2D eigenvalue weighted by atomic mass is 9.86. The van der Waals surface area contributed by atoms with E-state index in [-0.39, 0.29) is 0 Å². The molecule has 4 heteroatoms. The van der Waals surface area contributed by atoms with Crippen LogP contribution in [0.15, 0.2) is 48.5 Å². The van der Waals surface area contributed by atoms with Gasteiger partial charge in [0.05, 0.1) is 22.8 Å². The molecule has 8 bridgehead atoms. The third kappa shape index (κ3) is 3.95. The largest absolute Gasteiger partial charge is 0.355 e. The summed E-state index contributed by atoms with van der Waals surface area (Å²) >= 11 is 0. The number of H-pyrrole nitrogens is 2. The summed E-state index contributed by atoms with van der Waals surface area (Å²) < 4.78 is 0. The van der Waals surface area contributed by atoms with Gasteiger partial charge < -0.3 is 9.97 Å². The predicted molar refractivity (Wildman–Crippen MR) is 174 cm³/mol. The van der Waals surface area contributed by atoms with Crippen LogP contribution in [-0.2, 0) is 19.3 Å². The highest BCUT2D eigenvalue weighted by molar-refractivity contribution is 5.97. The van der Waals surface area contributed by atoms with Crippen LogP contribution < -0.4 is 0 Å².